The van der Waals surface area contributed by atoms with Crippen LogP contribution in [0.5, 0.6) is 0 Å². The molecule has 0 aliphatic carbocycles. The lowest BCUT2D eigenvalue weighted by Crippen LogP contribution is -2.42. The van der Waals surface area contributed by atoms with Crippen LogP contribution < -0.4 is 0 Å². The molecule has 0 fully saturated rings. The van der Waals surface area contributed by atoms with Gasteiger partial charge in [0.2, 0.25) is 0 Å². The standard InChI is InChI=1S/C26H48O2Si/c1-5-9-10-11-12-13-14-15-16-17-21-24-27-29(7-3,8-4)28-26(6-2)25-22-19-18-20-23-25/h18-20,22-23,26H,5-17,21,24H2,1-4H3. The molecule has 1 aromatic carbocycles. The number of unbranched alkanes of at least 4 members (excludes halogenated alkanes) is 10. The van der Waals surface area contributed by atoms with Crippen molar-refractivity contribution in [3.8, 4) is 0 Å². The first kappa shape index (κ1) is 26.4. The van der Waals surface area contributed by atoms with Gasteiger partial charge in [0, 0.05) is 6.61 Å². The van der Waals surface area contributed by atoms with Crippen molar-refractivity contribution in [2.75, 3.05) is 6.61 Å². The fraction of sp³-hybridized carbons (Fsp3) is 0.769. The highest BCUT2D eigenvalue weighted by molar-refractivity contribution is 6.67. The molecule has 1 aromatic rings. The van der Waals surface area contributed by atoms with E-state index in [1.165, 1.54) is 76.2 Å². The number of benzene rings is 1. The highest BCUT2D eigenvalue weighted by Crippen LogP contribution is 2.30. The smallest absolute Gasteiger partial charge is 0.338 e. The molecular weight excluding hydrogens is 372 g/mol. The van der Waals surface area contributed by atoms with Gasteiger partial charge in [-0.1, -0.05) is 122 Å². The van der Waals surface area contributed by atoms with Gasteiger partial charge in [-0.15, -0.1) is 0 Å². The number of hydrogen-bond acceptors (Lipinski definition) is 2. The van der Waals surface area contributed by atoms with Gasteiger partial charge in [0.1, 0.15) is 0 Å². The van der Waals surface area contributed by atoms with Crippen LogP contribution in [-0.4, -0.2) is 15.2 Å². The van der Waals surface area contributed by atoms with Gasteiger partial charge < -0.3 is 8.85 Å². The molecule has 0 aliphatic rings. The Morgan fingerprint density at radius 3 is 1.69 bits per heavy atom. The van der Waals surface area contributed by atoms with Gasteiger partial charge in [-0.25, -0.2) is 0 Å². The quantitative estimate of drug-likeness (QED) is 0.164. The lowest BCUT2D eigenvalue weighted by atomic mass is 10.1. The average Bonchev–Trinajstić information content (AvgIpc) is 2.77. The third-order valence-electron chi connectivity index (χ3n) is 6.09. The molecule has 0 heterocycles. The predicted octanol–water partition coefficient (Wildman–Crippen LogP) is 8.96. The van der Waals surface area contributed by atoms with Crippen LogP contribution in [0, 0.1) is 0 Å². The summed E-state index contributed by atoms with van der Waals surface area (Å²) in [5, 5.41) is 0. The maximum Gasteiger partial charge on any atom is 0.338 e. The van der Waals surface area contributed by atoms with E-state index >= 15 is 0 Å². The third kappa shape index (κ3) is 11.4. The van der Waals surface area contributed by atoms with Crippen LogP contribution in [0.1, 0.15) is 116 Å². The largest absolute Gasteiger partial charge is 0.394 e. The van der Waals surface area contributed by atoms with Gasteiger partial charge in [0.15, 0.2) is 0 Å². The van der Waals surface area contributed by atoms with E-state index in [9.17, 15) is 0 Å². The van der Waals surface area contributed by atoms with Crippen molar-refractivity contribution in [3.05, 3.63) is 35.9 Å². The van der Waals surface area contributed by atoms with Crippen LogP contribution in [0.25, 0.3) is 0 Å². The Morgan fingerprint density at radius 2 is 1.21 bits per heavy atom. The van der Waals surface area contributed by atoms with Gasteiger partial charge in [0.05, 0.1) is 6.10 Å². The minimum Gasteiger partial charge on any atom is -0.394 e. The van der Waals surface area contributed by atoms with E-state index in [0.29, 0.717) is 0 Å². The zero-order chi connectivity index (χ0) is 21.2. The molecule has 0 amide bonds. The van der Waals surface area contributed by atoms with Crippen LogP contribution in [0.3, 0.4) is 0 Å². The van der Waals surface area contributed by atoms with Crippen molar-refractivity contribution in [2.24, 2.45) is 0 Å². The van der Waals surface area contributed by atoms with E-state index in [4.69, 9.17) is 8.85 Å². The highest BCUT2D eigenvalue weighted by atomic mass is 28.4. The van der Waals surface area contributed by atoms with Gasteiger partial charge >= 0.3 is 8.56 Å². The molecule has 3 heteroatoms. The first-order valence-corrected chi connectivity index (χ1v) is 14.8. The molecule has 2 nitrogen and oxygen atoms in total. The summed E-state index contributed by atoms with van der Waals surface area (Å²) in [5.41, 5.74) is 1.28. The minimum absolute atomic E-state index is 0.167. The number of hydrogen-bond donors (Lipinski definition) is 0. The third-order valence-corrected chi connectivity index (χ3v) is 9.69. The molecule has 29 heavy (non-hydrogen) atoms. The summed E-state index contributed by atoms with van der Waals surface area (Å²) >= 11 is 0. The monoisotopic (exact) mass is 420 g/mol. The summed E-state index contributed by atoms with van der Waals surface area (Å²) in [6.07, 6.45) is 16.3. The zero-order valence-electron chi connectivity index (χ0n) is 19.9. The molecular formula is C26H48O2Si. The van der Waals surface area contributed by atoms with Gasteiger partial charge in [-0.2, -0.15) is 0 Å². The van der Waals surface area contributed by atoms with E-state index in [1.54, 1.807) is 0 Å². The summed E-state index contributed by atoms with van der Waals surface area (Å²) in [6.45, 7) is 9.86. The maximum absolute atomic E-state index is 6.69. The second-order valence-electron chi connectivity index (χ2n) is 8.43. The van der Waals surface area contributed by atoms with Crippen LogP contribution in [-0.2, 0) is 8.85 Å². The molecule has 0 saturated heterocycles. The molecule has 0 radical (unpaired) electrons. The highest BCUT2D eigenvalue weighted by Gasteiger charge is 2.36. The van der Waals surface area contributed by atoms with Crippen molar-refractivity contribution in [2.45, 2.75) is 123 Å². The Bertz CT molecular complexity index is 473. The van der Waals surface area contributed by atoms with Crippen molar-refractivity contribution < 1.29 is 8.85 Å². The first-order valence-electron chi connectivity index (χ1n) is 12.6. The van der Waals surface area contributed by atoms with Gasteiger partial charge in [0.25, 0.3) is 0 Å². The van der Waals surface area contributed by atoms with Crippen molar-refractivity contribution in [1.29, 1.82) is 0 Å². The van der Waals surface area contributed by atoms with E-state index in [2.05, 4.69) is 58.0 Å². The molecule has 0 N–H and O–H groups in total. The van der Waals surface area contributed by atoms with E-state index in [-0.39, 0.29) is 6.10 Å². The first-order chi connectivity index (χ1) is 14.2. The molecule has 1 unspecified atom stereocenters. The molecule has 168 valence electrons. The normalized spacial score (nSPS) is 13.0. The van der Waals surface area contributed by atoms with Crippen molar-refractivity contribution >= 4 is 8.56 Å². The SMILES string of the molecule is CCCCCCCCCCCCCO[Si](CC)(CC)OC(CC)c1ccccc1. The summed E-state index contributed by atoms with van der Waals surface area (Å²) in [6, 6.07) is 12.7. The van der Waals surface area contributed by atoms with E-state index in [0.717, 1.165) is 25.1 Å². The maximum atomic E-state index is 6.69. The Morgan fingerprint density at radius 1 is 0.690 bits per heavy atom. The summed E-state index contributed by atoms with van der Waals surface area (Å²) < 4.78 is 13.2. The molecule has 1 rings (SSSR count). The zero-order valence-corrected chi connectivity index (χ0v) is 20.9. The summed E-state index contributed by atoms with van der Waals surface area (Å²) in [5.74, 6) is 0. The van der Waals surface area contributed by atoms with Crippen LogP contribution >= 0.6 is 0 Å². The summed E-state index contributed by atoms with van der Waals surface area (Å²) in [4.78, 5) is 0. The molecule has 0 aromatic heterocycles. The fourth-order valence-electron chi connectivity index (χ4n) is 3.99. The van der Waals surface area contributed by atoms with Gasteiger partial charge in [-0.3, -0.25) is 0 Å². The Labute approximate surface area is 183 Å². The molecule has 0 saturated carbocycles. The average molecular weight is 421 g/mol. The van der Waals surface area contributed by atoms with Crippen molar-refractivity contribution in [1.82, 2.24) is 0 Å². The Hall–Kier alpha value is -0.643. The van der Waals surface area contributed by atoms with Crippen LogP contribution in [0.2, 0.25) is 12.1 Å². The predicted molar refractivity (Wildman–Crippen MR) is 130 cm³/mol. The molecule has 0 aliphatic heterocycles. The lowest BCUT2D eigenvalue weighted by Gasteiger charge is -2.33. The molecule has 0 bridgehead atoms. The minimum atomic E-state index is -2.11. The van der Waals surface area contributed by atoms with Crippen LogP contribution in [0.4, 0.5) is 0 Å². The van der Waals surface area contributed by atoms with E-state index < -0.39 is 8.56 Å². The van der Waals surface area contributed by atoms with E-state index in [1.807, 2.05) is 0 Å². The van der Waals surface area contributed by atoms with Crippen LogP contribution in [0.15, 0.2) is 30.3 Å². The Kier molecular flexibility index (Phi) is 15.5. The topological polar surface area (TPSA) is 18.5 Å². The number of rotatable bonds is 19. The second kappa shape index (κ2) is 17.1. The Balaban J connectivity index is 2.23. The van der Waals surface area contributed by atoms with Gasteiger partial charge in [-0.05, 0) is 30.5 Å². The summed E-state index contributed by atoms with van der Waals surface area (Å²) in [7, 11) is -2.11. The second-order valence-corrected chi connectivity index (χ2v) is 12.2. The molecule has 1 atom stereocenters. The lowest BCUT2D eigenvalue weighted by molar-refractivity contribution is 0.108. The molecule has 0 spiro atoms. The van der Waals surface area contributed by atoms with Crippen molar-refractivity contribution in [3.63, 3.8) is 0 Å². The fourth-order valence-corrected chi connectivity index (χ4v) is 6.64.